The molecule has 1 saturated heterocycles. The number of nitrogens with one attached hydrogen (secondary N) is 2. The molecule has 34 heavy (non-hydrogen) atoms. The van der Waals surface area contributed by atoms with Crippen molar-refractivity contribution in [3.63, 3.8) is 0 Å². The third-order valence-electron chi connectivity index (χ3n) is 6.11. The first-order valence-corrected chi connectivity index (χ1v) is 11.5. The van der Waals surface area contributed by atoms with Gasteiger partial charge >= 0.3 is 0 Å². The van der Waals surface area contributed by atoms with Gasteiger partial charge in [-0.15, -0.1) is 0 Å². The molecule has 0 aromatic heterocycles. The Balaban J connectivity index is 1.42. The van der Waals surface area contributed by atoms with E-state index in [-0.39, 0.29) is 42.1 Å². The number of anilines is 1. The van der Waals surface area contributed by atoms with Gasteiger partial charge in [0.15, 0.2) is 0 Å². The van der Waals surface area contributed by atoms with Crippen LogP contribution < -0.4 is 10.6 Å². The quantitative estimate of drug-likeness (QED) is 0.554. The van der Waals surface area contributed by atoms with E-state index in [9.17, 15) is 14.4 Å². The highest BCUT2D eigenvalue weighted by Crippen LogP contribution is 2.24. The zero-order chi connectivity index (χ0) is 24.1. The summed E-state index contributed by atoms with van der Waals surface area (Å²) in [6, 6.07) is 26.3. The Hall–Kier alpha value is -3.93. The molecule has 3 aromatic carbocycles. The molecule has 0 spiro atoms. The van der Waals surface area contributed by atoms with Crippen LogP contribution in [0.4, 0.5) is 5.69 Å². The van der Waals surface area contributed by atoms with Gasteiger partial charge in [-0.3, -0.25) is 14.4 Å². The van der Waals surface area contributed by atoms with Crippen molar-refractivity contribution in [2.24, 2.45) is 5.92 Å². The van der Waals surface area contributed by atoms with Gasteiger partial charge in [-0.2, -0.15) is 0 Å². The van der Waals surface area contributed by atoms with Crippen molar-refractivity contribution in [2.45, 2.75) is 32.4 Å². The number of carbonyl (C=O) groups excluding carboxylic acids is 3. The fraction of sp³-hybridized carbons (Fsp3) is 0.250. The molecule has 1 fully saturated rings. The molecule has 0 saturated carbocycles. The molecule has 1 aliphatic heterocycles. The fourth-order valence-electron chi connectivity index (χ4n) is 4.22. The molecule has 1 atom stereocenters. The number of nitrogens with zero attached hydrogens (tertiary/aromatic N) is 1. The van der Waals surface area contributed by atoms with E-state index in [0.29, 0.717) is 17.8 Å². The van der Waals surface area contributed by atoms with Crippen molar-refractivity contribution in [3.05, 3.63) is 102 Å². The Morgan fingerprint density at radius 2 is 1.41 bits per heavy atom. The molecule has 0 aliphatic carbocycles. The van der Waals surface area contributed by atoms with Gasteiger partial charge in [0.2, 0.25) is 11.8 Å². The van der Waals surface area contributed by atoms with E-state index in [0.717, 1.165) is 11.1 Å². The molecular formula is C28H29N3O3. The van der Waals surface area contributed by atoms with E-state index < -0.39 is 0 Å². The molecule has 0 bridgehead atoms. The summed E-state index contributed by atoms with van der Waals surface area (Å²) in [5, 5.41) is 5.99. The summed E-state index contributed by atoms with van der Waals surface area (Å²) in [7, 11) is 0. The molecule has 3 aromatic rings. The summed E-state index contributed by atoms with van der Waals surface area (Å²) in [5.74, 6) is -0.740. The number of hydrogen-bond acceptors (Lipinski definition) is 3. The lowest BCUT2D eigenvalue weighted by molar-refractivity contribution is -0.129. The Bertz CT molecular complexity index is 1110. The topological polar surface area (TPSA) is 78.5 Å². The second kappa shape index (κ2) is 10.3. The van der Waals surface area contributed by atoms with E-state index in [1.54, 1.807) is 29.2 Å². The summed E-state index contributed by atoms with van der Waals surface area (Å²) < 4.78 is 0. The summed E-state index contributed by atoms with van der Waals surface area (Å²) in [6.07, 6.45) is 0.227. The highest BCUT2D eigenvalue weighted by atomic mass is 16.2. The molecular weight excluding hydrogens is 426 g/mol. The summed E-state index contributed by atoms with van der Waals surface area (Å²) in [4.78, 5) is 39.5. The summed E-state index contributed by atoms with van der Waals surface area (Å²) in [6.45, 7) is 4.33. The van der Waals surface area contributed by atoms with Gasteiger partial charge < -0.3 is 15.5 Å². The first-order valence-electron chi connectivity index (χ1n) is 11.5. The predicted octanol–water partition coefficient (Wildman–Crippen LogP) is 4.40. The Morgan fingerprint density at radius 1 is 0.853 bits per heavy atom. The van der Waals surface area contributed by atoms with Crippen molar-refractivity contribution >= 4 is 23.4 Å². The van der Waals surface area contributed by atoms with Crippen molar-refractivity contribution < 1.29 is 14.4 Å². The van der Waals surface area contributed by atoms with E-state index >= 15 is 0 Å². The van der Waals surface area contributed by atoms with Gasteiger partial charge in [0, 0.05) is 30.3 Å². The van der Waals surface area contributed by atoms with Gasteiger partial charge in [0.25, 0.3) is 5.91 Å². The molecule has 4 rings (SSSR count). The number of amides is 3. The molecule has 6 heteroatoms. The second-order valence-electron chi connectivity index (χ2n) is 8.84. The smallest absolute Gasteiger partial charge is 0.252 e. The van der Waals surface area contributed by atoms with Crippen LogP contribution in [0.2, 0.25) is 0 Å². The van der Waals surface area contributed by atoms with Gasteiger partial charge in [-0.1, -0.05) is 60.7 Å². The molecule has 1 heterocycles. The van der Waals surface area contributed by atoms with Crippen LogP contribution in [-0.2, 0) is 9.59 Å². The molecule has 3 amide bonds. The Kier molecular flexibility index (Phi) is 7.07. The fourth-order valence-corrected chi connectivity index (χ4v) is 4.22. The third kappa shape index (κ3) is 5.34. The molecule has 2 N–H and O–H groups in total. The highest BCUT2D eigenvalue weighted by molar-refractivity contribution is 5.98. The second-order valence-corrected chi connectivity index (χ2v) is 8.84. The van der Waals surface area contributed by atoms with Crippen LogP contribution in [0.5, 0.6) is 0 Å². The van der Waals surface area contributed by atoms with Crippen molar-refractivity contribution in [3.8, 4) is 0 Å². The van der Waals surface area contributed by atoms with Crippen molar-refractivity contribution in [1.29, 1.82) is 0 Å². The maximum absolute atomic E-state index is 13.0. The van der Waals surface area contributed by atoms with E-state index in [1.807, 2.05) is 74.5 Å². The lowest BCUT2D eigenvalue weighted by atomic mass is 9.98. The van der Waals surface area contributed by atoms with E-state index in [1.165, 1.54) is 0 Å². The number of carbonyl (C=O) groups is 3. The highest BCUT2D eigenvalue weighted by Gasteiger charge is 2.35. The lowest BCUT2D eigenvalue weighted by Crippen LogP contribution is -2.33. The molecule has 1 unspecified atom stereocenters. The monoisotopic (exact) mass is 455 g/mol. The normalized spacial score (nSPS) is 15.6. The average Bonchev–Trinajstić information content (AvgIpc) is 3.26. The van der Waals surface area contributed by atoms with Crippen LogP contribution in [0.3, 0.4) is 0 Å². The number of likely N-dealkylation sites (tertiary alicyclic amines) is 1. The maximum atomic E-state index is 13.0. The predicted molar refractivity (Wildman–Crippen MR) is 132 cm³/mol. The molecule has 6 nitrogen and oxygen atoms in total. The SMILES string of the molecule is CC(C)N1CC(C(=O)Nc2ccc(C(=O)NC(c3ccccc3)c3ccccc3)cc2)CC1=O. The number of benzene rings is 3. The van der Waals surface area contributed by atoms with Gasteiger partial charge in [0.1, 0.15) is 0 Å². The van der Waals surface area contributed by atoms with Crippen LogP contribution in [0.25, 0.3) is 0 Å². The van der Waals surface area contributed by atoms with Crippen LogP contribution in [0.15, 0.2) is 84.9 Å². The third-order valence-corrected chi connectivity index (χ3v) is 6.11. The zero-order valence-corrected chi connectivity index (χ0v) is 19.4. The summed E-state index contributed by atoms with van der Waals surface area (Å²) >= 11 is 0. The summed E-state index contributed by atoms with van der Waals surface area (Å²) in [5.41, 5.74) is 3.08. The molecule has 174 valence electrons. The molecule has 0 radical (unpaired) electrons. The standard InChI is InChI=1S/C28H29N3O3/c1-19(2)31-18-23(17-25(31)32)28(34)29-24-15-13-22(14-16-24)27(33)30-26(20-9-5-3-6-10-20)21-11-7-4-8-12-21/h3-16,19,23,26H,17-18H2,1-2H3,(H,29,34)(H,30,33). The van der Waals surface area contributed by atoms with Gasteiger partial charge in [-0.25, -0.2) is 0 Å². The first-order chi connectivity index (χ1) is 16.4. The number of rotatable bonds is 7. The van der Waals surface area contributed by atoms with E-state index in [2.05, 4.69) is 10.6 Å². The van der Waals surface area contributed by atoms with Crippen LogP contribution in [0.1, 0.15) is 47.8 Å². The average molecular weight is 456 g/mol. The largest absolute Gasteiger partial charge is 0.341 e. The Morgan fingerprint density at radius 3 is 1.91 bits per heavy atom. The zero-order valence-electron chi connectivity index (χ0n) is 19.4. The lowest BCUT2D eigenvalue weighted by Gasteiger charge is -2.21. The molecule has 1 aliphatic rings. The van der Waals surface area contributed by atoms with Gasteiger partial charge in [0.05, 0.1) is 12.0 Å². The minimum atomic E-state index is -0.365. The van der Waals surface area contributed by atoms with Crippen LogP contribution in [0, 0.1) is 5.92 Å². The minimum Gasteiger partial charge on any atom is -0.341 e. The van der Waals surface area contributed by atoms with Crippen molar-refractivity contribution in [2.75, 3.05) is 11.9 Å². The van der Waals surface area contributed by atoms with E-state index in [4.69, 9.17) is 0 Å². The van der Waals surface area contributed by atoms with Crippen LogP contribution >= 0.6 is 0 Å². The minimum absolute atomic E-state index is 0.00792. The maximum Gasteiger partial charge on any atom is 0.252 e. The van der Waals surface area contributed by atoms with Crippen molar-refractivity contribution in [1.82, 2.24) is 10.2 Å². The van der Waals surface area contributed by atoms with Gasteiger partial charge in [-0.05, 0) is 49.2 Å². The van der Waals surface area contributed by atoms with Crippen LogP contribution in [-0.4, -0.2) is 35.2 Å². The first kappa shape index (κ1) is 23.2. The Labute approximate surface area is 200 Å². The number of hydrogen-bond donors (Lipinski definition) is 2.